The monoisotopic (exact) mass is 154 g/mol. The highest BCUT2D eigenvalue weighted by atomic mass is 19.1. The van der Waals surface area contributed by atoms with E-state index < -0.39 is 0 Å². The van der Waals surface area contributed by atoms with E-state index in [-0.39, 0.29) is 0 Å². The molecule has 0 bridgehead atoms. The Balaban J connectivity index is 0.000000461. The first kappa shape index (κ1) is 10.2. The minimum atomic E-state index is 0.500. The van der Waals surface area contributed by atoms with E-state index in [2.05, 4.69) is 38.1 Å². The maximum absolute atomic E-state index is 9.50. The highest BCUT2D eigenvalue weighted by Gasteiger charge is 1.93. The van der Waals surface area contributed by atoms with Gasteiger partial charge in [-0.25, -0.2) is 0 Å². The van der Waals surface area contributed by atoms with Gasteiger partial charge < -0.3 is 0 Å². The standard InChI is InChI=1S/C9H12.CH3F/c1-8(2)9-6-4-3-5-7-9;1-2/h3-8H,1-2H3;1H3. The van der Waals surface area contributed by atoms with Gasteiger partial charge in [0, 0.05) is 0 Å². The molecule has 11 heavy (non-hydrogen) atoms. The van der Waals surface area contributed by atoms with Crippen LogP contribution in [0.5, 0.6) is 0 Å². The summed E-state index contributed by atoms with van der Waals surface area (Å²) in [5.41, 5.74) is 1.41. The van der Waals surface area contributed by atoms with Crippen LogP contribution in [0.15, 0.2) is 30.3 Å². The molecule has 0 amide bonds. The molecule has 62 valence electrons. The molecule has 0 fully saturated rings. The number of alkyl halides is 1. The van der Waals surface area contributed by atoms with Crippen molar-refractivity contribution in [2.75, 3.05) is 7.18 Å². The van der Waals surface area contributed by atoms with Crippen LogP contribution in [0.2, 0.25) is 0 Å². The van der Waals surface area contributed by atoms with Gasteiger partial charge in [-0.3, -0.25) is 4.39 Å². The Hall–Kier alpha value is -0.850. The normalized spacial score (nSPS) is 8.82. The summed E-state index contributed by atoms with van der Waals surface area (Å²) in [5, 5.41) is 0. The van der Waals surface area contributed by atoms with Gasteiger partial charge in [0.25, 0.3) is 0 Å². The van der Waals surface area contributed by atoms with Crippen LogP contribution in [0.25, 0.3) is 0 Å². The number of rotatable bonds is 1. The second-order valence-electron chi connectivity index (χ2n) is 2.57. The Bertz CT molecular complexity index is 167. The van der Waals surface area contributed by atoms with Crippen LogP contribution in [0.4, 0.5) is 4.39 Å². The Morgan fingerprint density at radius 3 is 1.73 bits per heavy atom. The van der Waals surface area contributed by atoms with Gasteiger partial charge in [-0.1, -0.05) is 44.2 Å². The Morgan fingerprint density at radius 1 is 1.00 bits per heavy atom. The van der Waals surface area contributed by atoms with Crippen molar-refractivity contribution in [1.29, 1.82) is 0 Å². The molecule has 0 aliphatic rings. The molecule has 1 aromatic rings. The lowest BCUT2D eigenvalue weighted by atomic mass is 10.0. The molecule has 1 rings (SSSR count). The predicted molar refractivity (Wildman–Crippen MR) is 47.6 cm³/mol. The average Bonchev–Trinajstić information content (AvgIpc) is 2.10. The van der Waals surface area contributed by atoms with Crippen molar-refractivity contribution in [3.63, 3.8) is 0 Å². The molecule has 0 aromatic heterocycles. The minimum absolute atomic E-state index is 0.500. The van der Waals surface area contributed by atoms with Gasteiger partial charge in [0.05, 0.1) is 7.18 Å². The van der Waals surface area contributed by atoms with Crippen LogP contribution in [-0.2, 0) is 0 Å². The number of halogens is 1. The summed E-state index contributed by atoms with van der Waals surface area (Å²) in [6.07, 6.45) is 0. The van der Waals surface area contributed by atoms with Gasteiger partial charge in [-0.2, -0.15) is 0 Å². The van der Waals surface area contributed by atoms with E-state index in [0.717, 1.165) is 0 Å². The summed E-state index contributed by atoms with van der Waals surface area (Å²) in [7, 11) is 0.500. The lowest BCUT2D eigenvalue weighted by Gasteiger charge is -2.01. The van der Waals surface area contributed by atoms with E-state index in [0.29, 0.717) is 13.1 Å². The molecule has 0 aliphatic heterocycles. The Kier molecular flexibility index (Phi) is 5.44. The van der Waals surface area contributed by atoms with Crippen molar-refractivity contribution in [3.05, 3.63) is 35.9 Å². The average molecular weight is 154 g/mol. The lowest BCUT2D eigenvalue weighted by molar-refractivity contribution is 0.636. The summed E-state index contributed by atoms with van der Waals surface area (Å²) < 4.78 is 9.50. The van der Waals surface area contributed by atoms with Gasteiger partial charge >= 0.3 is 0 Å². The Labute approximate surface area is 68.1 Å². The molecule has 0 spiro atoms. The largest absolute Gasteiger partial charge is 0.255 e. The highest BCUT2D eigenvalue weighted by molar-refractivity contribution is 5.17. The Morgan fingerprint density at radius 2 is 1.45 bits per heavy atom. The van der Waals surface area contributed by atoms with Crippen molar-refractivity contribution in [2.45, 2.75) is 19.8 Å². The fourth-order valence-electron chi connectivity index (χ4n) is 0.838. The van der Waals surface area contributed by atoms with Gasteiger partial charge in [-0.15, -0.1) is 0 Å². The van der Waals surface area contributed by atoms with Crippen molar-refractivity contribution in [3.8, 4) is 0 Å². The minimum Gasteiger partial charge on any atom is -0.255 e. The van der Waals surface area contributed by atoms with E-state index >= 15 is 0 Å². The first-order valence-electron chi connectivity index (χ1n) is 3.73. The highest BCUT2D eigenvalue weighted by Crippen LogP contribution is 2.11. The topological polar surface area (TPSA) is 0 Å². The van der Waals surface area contributed by atoms with Crippen LogP contribution >= 0.6 is 0 Å². The van der Waals surface area contributed by atoms with E-state index in [4.69, 9.17) is 0 Å². The van der Waals surface area contributed by atoms with Crippen molar-refractivity contribution in [2.24, 2.45) is 0 Å². The number of benzene rings is 1. The molecule has 0 saturated heterocycles. The second kappa shape index (κ2) is 5.90. The third kappa shape index (κ3) is 3.76. The van der Waals surface area contributed by atoms with Crippen molar-refractivity contribution in [1.82, 2.24) is 0 Å². The zero-order valence-electron chi connectivity index (χ0n) is 7.34. The quantitative estimate of drug-likeness (QED) is 0.581. The summed E-state index contributed by atoms with van der Waals surface area (Å²) >= 11 is 0. The summed E-state index contributed by atoms with van der Waals surface area (Å²) in [6, 6.07) is 10.5. The summed E-state index contributed by atoms with van der Waals surface area (Å²) in [4.78, 5) is 0. The van der Waals surface area contributed by atoms with E-state index in [1.165, 1.54) is 5.56 Å². The third-order valence-corrected chi connectivity index (χ3v) is 1.47. The van der Waals surface area contributed by atoms with Crippen LogP contribution < -0.4 is 0 Å². The van der Waals surface area contributed by atoms with Crippen LogP contribution in [0.1, 0.15) is 25.3 Å². The first-order chi connectivity index (χ1) is 5.30. The fraction of sp³-hybridized carbons (Fsp3) is 0.400. The maximum Gasteiger partial charge on any atom is 0.0785 e. The molecule has 0 unspecified atom stereocenters. The summed E-state index contributed by atoms with van der Waals surface area (Å²) in [5.74, 6) is 0.659. The molecule has 0 nitrogen and oxygen atoms in total. The summed E-state index contributed by atoms with van der Waals surface area (Å²) in [6.45, 7) is 4.41. The van der Waals surface area contributed by atoms with E-state index in [9.17, 15) is 4.39 Å². The molecule has 0 saturated carbocycles. The molecule has 0 heterocycles. The van der Waals surface area contributed by atoms with Crippen LogP contribution in [0.3, 0.4) is 0 Å². The zero-order valence-corrected chi connectivity index (χ0v) is 7.34. The van der Waals surface area contributed by atoms with Crippen LogP contribution in [0, 0.1) is 0 Å². The molecule has 1 aromatic carbocycles. The van der Waals surface area contributed by atoms with E-state index in [1.54, 1.807) is 0 Å². The van der Waals surface area contributed by atoms with Gasteiger partial charge in [0.15, 0.2) is 0 Å². The third-order valence-electron chi connectivity index (χ3n) is 1.47. The van der Waals surface area contributed by atoms with Gasteiger partial charge in [0.1, 0.15) is 0 Å². The van der Waals surface area contributed by atoms with Gasteiger partial charge in [-0.05, 0) is 11.5 Å². The van der Waals surface area contributed by atoms with Crippen molar-refractivity contribution < 1.29 is 4.39 Å². The molecular formula is C10H15F. The molecule has 0 N–H and O–H groups in total. The molecular weight excluding hydrogens is 139 g/mol. The molecule has 0 aliphatic carbocycles. The number of hydrogen-bond donors (Lipinski definition) is 0. The molecule has 1 heteroatoms. The number of hydrogen-bond acceptors (Lipinski definition) is 0. The lowest BCUT2D eigenvalue weighted by Crippen LogP contribution is -1.83. The zero-order chi connectivity index (χ0) is 8.69. The van der Waals surface area contributed by atoms with Crippen molar-refractivity contribution >= 4 is 0 Å². The SMILES string of the molecule is CC(C)c1ccccc1.CF. The van der Waals surface area contributed by atoms with Crippen LogP contribution in [-0.4, -0.2) is 7.18 Å². The van der Waals surface area contributed by atoms with E-state index in [1.807, 2.05) is 6.07 Å². The second-order valence-corrected chi connectivity index (χ2v) is 2.57. The first-order valence-corrected chi connectivity index (χ1v) is 3.73. The molecule has 0 atom stereocenters. The fourth-order valence-corrected chi connectivity index (χ4v) is 0.838. The van der Waals surface area contributed by atoms with Gasteiger partial charge in [0.2, 0.25) is 0 Å². The molecule has 0 radical (unpaired) electrons. The predicted octanol–water partition coefficient (Wildman–Crippen LogP) is 3.40. The maximum atomic E-state index is 9.50. The smallest absolute Gasteiger partial charge is 0.0785 e.